The SMILES string of the molecule is CCc1c(C(=O)Nc2cccc(C(=O)CN3CCN(C)CC3)c2)csc1C. The molecule has 1 N–H and O–H groups in total. The van der Waals surface area contributed by atoms with Gasteiger partial charge in [0.1, 0.15) is 0 Å². The van der Waals surface area contributed by atoms with E-state index in [4.69, 9.17) is 0 Å². The molecule has 27 heavy (non-hydrogen) atoms. The summed E-state index contributed by atoms with van der Waals surface area (Å²) in [5.41, 5.74) is 3.13. The van der Waals surface area contributed by atoms with Crippen molar-refractivity contribution in [2.45, 2.75) is 20.3 Å². The molecule has 1 amide bonds. The van der Waals surface area contributed by atoms with Gasteiger partial charge in [-0.1, -0.05) is 19.1 Å². The van der Waals surface area contributed by atoms with Crippen LogP contribution < -0.4 is 5.32 Å². The molecule has 1 aliphatic heterocycles. The first kappa shape index (κ1) is 19.7. The molecule has 1 aromatic carbocycles. The van der Waals surface area contributed by atoms with Crippen molar-refractivity contribution in [3.05, 3.63) is 51.2 Å². The molecule has 0 unspecified atom stereocenters. The van der Waals surface area contributed by atoms with Crippen LogP contribution in [0, 0.1) is 6.92 Å². The summed E-state index contributed by atoms with van der Waals surface area (Å²) >= 11 is 1.60. The highest BCUT2D eigenvalue weighted by atomic mass is 32.1. The molecule has 0 aliphatic carbocycles. The third-order valence-corrected chi connectivity index (χ3v) is 6.06. The maximum Gasteiger partial charge on any atom is 0.256 e. The van der Waals surface area contributed by atoms with Crippen molar-refractivity contribution in [2.75, 3.05) is 45.1 Å². The topological polar surface area (TPSA) is 52.7 Å². The molecule has 2 aromatic rings. The van der Waals surface area contributed by atoms with Crippen LogP contribution in [0.2, 0.25) is 0 Å². The van der Waals surface area contributed by atoms with Gasteiger partial charge in [0.25, 0.3) is 5.91 Å². The number of hydrogen-bond acceptors (Lipinski definition) is 5. The van der Waals surface area contributed by atoms with Gasteiger partial charge in [-0.3, -0.25) is 14.5 Å². The van der Waals surface area contributed by atoms with Crippen LogP contribution in [0.15, 0.2) is 29.6 Å². The average Bonchev–Trinajstić information content (AvgIpc) is 3.04. The van der Waals surface area contributed by atoms with Gasteiger partial charge in [0.15, 0.2) is 5.78 Å². The van der Waals surface area contributed by atoms with E-state index < -0.39 is 0 Å². The zero-order valence-electron chi connectivity index (χ0n) is 16.2. The number of thiophene rings is 1. The van der Waals surface area contributed by atoms with Crippen molar-refractivity contribution < 1.29 is 9.59 Å². The van der Waals surface area contributed by atoms with Crippen LogP contribution in [0.4, 0.5) is 5.69 Å². The van der Waals surface area contributed by atoms with Crippen LogP contribution in [0.5, 0.6) is 0 Å². The summed E-state index contributed by atoms with van der Waals surface area (Å²) < 4.78 is 0. The molecule has 1 fully saturated rings. The zero-order chi connectivity index (χ0) is 19.4. The maximum absolute atomic E-state index is 12.6. The Labute approximate surface area is 165 Å². The molecular formula is C21H27N3O2S. The van der Waals surface area contributed by atoms with E-state index in [0.717, 1.165) is 43.7 Å². The van der Waals surface area contributed by atoms with Gasteiger partial charge in [0.2, 0.25) is 0 Å². The molecule has 0 radical (unpaired) electrons. The highest BCUT2D eigenvalue weighted by Gasteiger charge is 2.18. The van der Waals surface area contributed by atoms with Crippen LogP contribution in [0.25, 0.3) is 0 Å². The number of ketones is 1. The van der Waals surface area contributed by atoms with Gasteiger partial charge < -0.3 is 10.2 Å². The Morgan fingerprint density at radius 3 is 2.63 bits per heavy atom. The van der Waals surface area contributed by atoms with Crippen LogP contribution >= 0.6 is 11.3 Å². The minimum Gasteiger partial charge on any atom is -0.322 e. The van der Waals surface area contributed by atoms with Gasteiger partial charge in [0.05, 0.1) is 12.1 Å². The number of nitrogens with one attached hydrogen (secondary N) is 1. The minimum atomic E-state index is -0.111. The number of benzene rings is 1. The Bertz CT molecular complexity index is 823. The van der Waals surface area contributed by atoms with Crippen molar-refractivity contribution in [3.63, 3.8) is 0 Å². The van der Waals surface area contributed by atoms with E-state index >= 15 is 0 Å². The lowest BCUT2D eigenvalue weighted by atomic mass is 10.1. The highest BCUT2D eigenvalue weighted by molar-refractivity contribution is 7.10. The van der Waals surface area contributed by atoms with Crippen molar-refractivity contribution >= 4 is 28.7 Å². The van der Waals surface area contributed by atoms with Crippen LogP contribution in [0.1, 0.15) is 38.1 Å². The number of carbonyl (C=O) groups excluding carboxylic acids is 2. The smallest absolute Gasteiger partial charge is 0.256 e. The summed E-state index contributed by atoms with van der Waals surface area (Å²) in [6.07, 6.45) is 0.835. The number of carbonyl (C=O) groups is 2. The fourth-order valence-electron chi connectivity index (χ4n) is 3.38. The summed E-state index contributed by atoms with van der Waals surface area (Å²) in [6, 6.07) is 7.25. The van der Waals surface area contributed by atoms with Crippen molar-refractivity contribution in [1.29, 1.82) is 0 Å². The van der Waals surface area contributed by atoms with Crippen LogP contribution in [-0.4, -0.2) is 61.3 Å². The lowest BCUT2D eigenvalue weighted by molar-refractivity contribution is 0.0876. The molecule has 2 heterocycles. The predicted molar refractivity (Wildman–Crippen MR) is 111 cm³/mol. The quantitative estimate of drug-likeness (QED) is 0.775. The summed E-state index contributed by atoms with van der Waals surface area (Å²) in [5, 5.41) is 4.85. The molecule has 1 aromatic heterocycles. The Hall–Kier alpha value is -2.02. The fourth-order valence-corrected chi connectivity index (χ4v) is 4.32. The monoisotopic (exact) mass is 385 g/mol. The third-order valence-electron chi connectivity index (χ3n) is 5.11. The first-order valence-electron chi connectivity index (χ1n) is 9.40. The molecule has 0 saturated carbocycles. The van der Waals surface area contributed by atoms with E-state index in [0.29, 0.717) is 17.8 Å². The number of piperazine rings is 1. The minimum absolute atomic E-state index is 0.0938. The molecule has 0 bridgehead atoms. The number of likely N-dealkylation sites (N-methyl/N-ethyl adjacent to an activating group) is 1. The molecule has 0 atom stereocenters. The number of Topliss-reactive ketones (excluding diaryl/α,β-unsaturated/α-hetero) is 1. The summed E-state index contributed by atoms with van der Waals surface area (Å²) in [6.45, 7) is 8.33. The second-order valence-electron chi connectivity index (χ2n) is 7.08. The molecule has 3 rings (SSSR count). The summed E-state index contributed by atoms with van der Waals surface area (Å²) in [5.74, 6) is -0.0175. The lowest BCUT2D eigenvalue weighted by Crippen LogP contribution is -2.46. The van der Waals surface area contributed by atoms with E-state index in [1.165, 1.54) is 4.88 Å². The highest BCUT2D eigenvalue weighted by Crippen LogP contribution is 2.23. The Balaban J connectivity index is 1.66. The number of amides is 1. The summed E-state index contributed by atoms with van der Waals surface area (Å²) in [4.78, 5) is 30.9. The number of aryl methyl sites for hydroxylation is 1. The third kappa shape index (κ3) is 4.83. The second-order valence-corrected chi connectivity index (χ2v) is 8.16. The predicted octanol–water partition coefficient (Wildman–Crippen LogP) is 3.30. The Morgan fingerprint density at radius 2 is 1.93 bits per heavy atom. The van der Waals surface area contributed by atoms with Crippen molar-refractivity contribution in [2.24, 2.45) is 0 Å². The van der Waals surface area contributed by atoms with Gasteiger partial charge in [-0.2, -0.15) is 0 Å². The standard InChI is InChI=1S/C21H27N3O2S/c1-4-18-15(2)27-14-19(18)21(26)22-17-7-5-6-16(12-17)20(25)13-24-10-8-23(3)9-11-24/h5-7,12,14H,4,8-11,13H2,1-3H3,(H,22,26). The lowest BCUT2D eigenvalue weighted by Gasteiger charge is -2.31. The van der Waals surface area contributed by atoms with Gasteiger partial charge in [-0.05, 0) is 38.1 Å². The van der Waals surface area contributed by atoms with Gasteiger partial charge >= 0.3 is 0 Å². The zero-order valence-corrected chi connectivity index (χ0v) is 17.1. The molecule has 0 spiro atoms. The van der Waals surface area contributed by atoms with Crippen molar-refractivity contribution in [1.82, 2.24) is 9.80 Å². The van der Waals surface area contributed by atoms with Crippen LogP contribution in [-0.2, 0) is 6.42 Å². The number of nitrogens with zero attached hydrogens (tertiary/aromatic N) is 2. The molecule has 1 aliphatic rings. The fraction of sp³-hybridized carbons (Fsp3) is 0.429. The maximum atomic E-state index is 12.6. The van der Waals surface area contributed by atoms with Crippen LogP contribution in [0.3, 0.4) is 0 Å². The average molecular weight is 386 g/mol. The molecule has 144 valence electrons. The first-order chi connectivity index (χ1) is 13.0. The normalized spacial score (nSPS) is 15.7. The number of rotatable bonds is 6. The second kappa shape index (κ2) is 8.78. The summed E-state index contributed by atoms with van der Waals surface area (Å²) in [7, 11) is 2.10. The molecule has 6 heteroatoms. The Kier molecular flexibility index (Phi) is 6.42. The Morgan fingerprint density at radius 1 is 1.19 bits per heavy atom. The van der Waals surface area contributed by atoms with Gasteiger partial charge in [-0.25, -0.2) is 0 Å². The van der Waals surface area contributed by atoms with E-state index in [2.05, 4.69) is 29.1 Å². The molecule has 1 saturated heterocycles. The van der Waals surface area contributed by atoms with E-state index in [1.54, 1.807) is 17.4 Å². The number of anilines is 1. The van der Waals surface area contributed by atoms with Gasteiger partial charge in [-0.15, -0.1) is 11.3 Å². The molecule has 5 nitrogen and oxygen atoms in total. The number of hydrogen-bond donors (Lipinski definition) is 1. The van der Waals surface area contributed by atoms with E-state index in [1.807, 2.05) is 30.5 Å². The largest absolute Gasteiger partial charge is 0.322 e. The van der Waals surface area contributed by atoms with E-state index in [9.17, 15) is 9.59 Å². The van der Waals surface area contributed by atoms with Crippen molar-refractivity contribution in [3.8, 4) is 0 Å². The van der Waals surface area contributed by atoms with E-state index in [-0.39, 0.29) is 11.7 Å². The van der Waals surface area contributed by atoms with Gasteiger partial charge in [0, 0.05) is 47.7 Å². The molecular weight excluding hydrogens is 358 g/mol. The first-order valence-corrected chi connectivity index (χ1v) is 10.3.